The predicted octanol–water partition coefficient (Wildman–Crippen LogP) is 1.54. The number of nitrogens with zero attached hydrogens (tertiary/aromatic N) is 1. The Bertz CT molecular complexity index is 370. The second-order valence-electron chi connectivity index (χ2n) is 4.06. The Morgan fingerprint density at radius 2 is 2.38 bits per heavy atom. The van der Waals surface area contributed by atoms with E-state index in [1.54, 1.807) is 6.07 Å². The van der Waals surface area contributed by atoms with Crippen LogP contribution in [0.1, 0.15) is 12.5 Å². The summed E-state index contributed by atoms with van der Waals surface area (Å²) in [5, 5.41) is 9.21. The first-order valence-corrected chi connectivity index (χ1v) is 5.46. The summed E-state index contributed by atoms with van der Waals surface area (Å²) in [7, 11) is 0. The molecule has 1 aliphatic rings. The average molecular weight is 225 g/mol. The largest absolute Gasteiger partial charge is 0.392 e. The van der Waals surface area contributed by atoms with Gasteiger partial charge in [0.05, 0.1) is 19.3 Å². The Balaban J connectivity index is 2.24. The summed E-state index contributed by atoms with van der Waals surface area (Å²) in [5.41, 5.74) is 1.54. The lowest BCUT2D eigenvalue weighted by Gasteiger charge is -2.34. The quantitative estimate of drug-likeness (QED) is 0.828. The molecular formula is C12H16FNO2. The van der Waals surface area contributed by atoms with Crippen molar-refractivity contribution in [3.8, 4) is 0 Å². The van der Waals surface area contributed by atoms with Gasteiger partial charge in [-0.1, -0.05) is 0 Å². The minimum atomic E-state index is -0.311. The zero-order valence-corrected chi connectivity index (χ0v) is 9.32. The second kappa shape index (κ2) is 4.80. The third kappa shape index (κ3) is 2.33. The van der Waals surface area contributed by atoms with Crippen molar-refractivity contribution < 1.29 is 14.2 Å². The van der Waals surface area contributed by atoms with Gasteiger partial charge in [-0.2, -0.15) is 0 Å². The van der Waals surface area contributed by atoms with E-state index < -0.39 is 0 Å². The maximum Gasteiger partial charge on any atom is 0.123 e. The summed E-state index contributed by atoms with van der Waals surface area (Å²) >= 11 is 0. The summed E-state index contributed by atoms with van der Waals surface area (Å²) in [4.78, 5) is 2.12. The van der Waals surface area contributed by atoms with Crippen molar-refractivity contribution in [2.24, 2.45) is 0 Å². The Kier molecular flexibility index (Phi) is 3.41. The van der Waals surface area contributed by atoms with Gasteiger partial charge in [0.25, 0.3) is 0 Å². The molecule has 3 nitrogen and oxygen atoms in total. The highest BCUT2D eigenvalue weighted by molar-refractivity contribution is 5.54. The Labute approximate surface area is 94.4 Å². The van der Waals surface area contributed by atoms with Crippen molar-refractivity contribution in [1.29, 1.82) is 0 Å². The monoisotopic (exact) mass is 225 g/mol. The van der Waals surface area contributed by atoms with Gasteiger partial charge in [0.15, 0.2) is 0 Å². The summed E-state index contributed by atoms with van der Waals surface area (Å²) in [6.45, 7) is 4.10. The molecule has 0 bridgehead atoms. The molecular weight excluding hydrogens is 209 g/mol. The third-order valence-corrected chi connectivity index (χ3v) is 2.79. The number of anilines is 1. The van der Waals surface area contributed by atoms with E-state index in [9.17, 15) is 9.50 Å². The highest BCUT2D eigenvalue weighted by atomic mass is 19.1. The number of ether oxygens (including phenoxy) is 1. The molecule has 1 saturated heterocycles. The van der Waals surface area contributed by atoms with Gasteiger partial charge < -0.3 is 14.7 Å². The normalized spacial score (nSPS) is 21.2. The molecule has 1 aromatic rings. The summed E-state index contributed by atoms with van der Waals surface area (Å²) < 4.78 is 18.5. The molecule has 1 unspecified atom stereocenters. The van der Waals surface area contributed by atoms with Gasteiger partial charge in [-0.3, -0.25) is 0 Å². The van der Waals surface area contributed by atoms with Crippen LogP contribution in [0.15, 0.2) is 18.2 Å². The summed E-state index contributed by atoms with van der Waals surface area (Å²) in [5.74, 6) is -0.311. The third-order valence-electron chi connectivity index (χ3n) is 2.79. The fourth-order valence-electron chi connectivity index (χ4n) is 2.03. The molecule has 88 valence electrons. The van der Waals surface area contributed by atoms with Crippen molar-refractivity contribution in [2.45, 2.75) is 19.6 Å². The van der Waals surface area contributed by atoms with Crippen LogP contribution in [-0.4, -0.2) is 30.9 Å². The highest BCUT2D eigenvalue weighted by Crippen LogP contribution is 2.23. The molecule has 0 aliphatic carbocycles. The summed E-state index contributed by atoms with van der Waals surface area (Å²) in [6, 6.07) is 4.53. The van der Waals surface area contributed by atoms with Crippen LogP contribution >= 0.6 is 0 Å². The van der Waals surface area contributed by atoms with Crippen LogP contribution in [0.2, 0.25) is 0 Å². The molecule has 4 heteroatoms. The lowest BCUT2D eigenvalue weighted by molar-refractivity contribution is 0.0531. The van der Waals surface area contributed by atoms with Crippen molar-refractivity contribution >= 4 is 5.69 Å². The van der Waals surface area contributed by atoms with Gasteiger partial charge in [-0.15, -0.1) is 0 Å². The van der Waals surface area contributed by atoms with E-state index >= 15 is 0 Å². The SMILES string of the molecule is CC1CN(c2ccc(F)cc2CO)CCO1. The second-order valence-corrected chi connectivity index (χ2v) is 4.06. The molecule has 1 fully saturated rings. The van der Waals surface area contributed by atoms with Crippen molar-refractivity contribution in [3.63, 3.8) is 0 Å². The van der Waals surface area contributed by atoms with E-state index in [0.717, 1.165) is 18.8 Å². The summed E-state index contributed by atoms with van der Waals surface area (Å²) in [6.07, 6.45) is 0.172. The molecule has 1 aliphatic heterocycles. The van der Waals surface area contributed by atoms with E-state index in [-0.39, 0.29) is 18.5 Å². The van der Waals surface area contributed by atoms with Gasteiger partial charge in [-0.25, -0.2) is 4.39 Å². The number of aliphatic hydroxyl groups is 1. The van der Waals surface area contributed by atoms with Crippen LogP contribution in [0, 0.1) is 5.82 Å². The first-order chi connectivity index (χ1) is 7.70. The van der Waals surface area contributed by atoms with E-state index in [4.69, 9.17) is 4.74 Å². The molecule has 1 N–H and O–H groups in total. The van der Waals surface area contributed by atoms with Gasteiger partial charge in [0, 0.05) is 24.3 Å². The average Bonchev–Trinajstić information content (AvgIpc) is 2.28. The van der Waals surface area contributed by atoms with Crippen LogP contribution in [0.4, 0.5) is 10.1 Å². The molecule has 1 heterocycles. The molecule has 0 spiro atoms. The zero-order valence-electron chi connectivity index (χ0n) is 9.32. The molecule has 0 aromatic heterocycles. The minimum Gasteiger partial charge on any atom is -0.392 e. The van der Waals surface area contributed by atoms with E-state index in [1.165, 1.54) is 12.1 Å². The van der Waals surface area contributed by atoms with E-state index in [2.05, 4.69) is 4.90 Å². The molecule has 0 radical (unpaired) electrons. The number of rotatable bonds is 2. The smallest absolute Gasteiger partial charge is 0.123 e. The van der Waals surface area contributed by atoms with Crippen LogP contribution in [0.5, 0.6) is 0 Å². The Morgan fingerprint density at radius 3 is 3.06 bits per heavy atom. The maximum absolute atomic E-state index is 13.0. The minimum absolute atomic E-state index is 0.140. The molecule has 1 aromatic carbocycles. The molecule has 1 atom stereocenters. The molecule has 2 rings (SSSR count). The zero-order chi connectivity index (χ0) is 11.5. The van der Waals surface area contributed by atoms with Crippen molar-refractivity contribution in [3.05, 3.63) is 29.6 Å². The Morgan fingerprint density at radius 1 is 1.56 bits per heavy atom. The van der Waals surface area contributed by atoms with Crippen molar-refractivity contribution in [2.75, 3.05) is 24.6 Å². The number of hydrogen-bond donors (Lipinski definition) is 1. The fraction of sp³-hybridized carbons (Fsp3) is 0.500. The van der Waals surface area contributed by atoms with Crippen LogP contribution in [0.25, 0.3) is 0 Å². The van der Waals surface area contributed by atoms with Crippen LogP contribution in [-0.2, 0) is 11.3 Å². The lowest BCUT2D eigenvalue weighted by atomic mass is 10.1. The van der Waals surface area contributed by atoms with E-state index in [0.29, 0.717) is 12.2 Å². The van der Waals surface area contributed by atoms with Gasteiger partial charge in [0.1, 0.15) is 5.82 Å². The lowest BCUT2D eigenvalue weighted by Crippen LogP contribution is -2.41. The van der Waals surface area contributed by atoms with E-state index in [1.807, 2.05) is 6.92 Å². The van der Waals surface area contributed by atoms with Gasteiger partial charge >= 0.3 is 0 Å². The predicted molar refractivity (Wildman–Crippen MR) is 59.9 cm³/mol. The topological polar surface area (TPSA) is 32.7 Å². The number of halogens is 1. The Hall–Kier alpha value is -1.13. The van der Waals surface area contributed by atoms with Crippen molar-refractivity contribution in [1.82, 2.24) is 0 Å². The number of aliphatic hydroxyl groups excluding tert-OH is 1. The van der Waals surface area contributed by atoms with Crippen LogP contribution < -0.4 is 4.90 Å². The van der Waals surface area contributed by atoms with Gasteiger partial charge in [0.2, 0.25) is 0 Å². The molecule has 0 saturated carbocycles. The molecule has 0 amide bonds. The number of hydrogen-bond acceptors (Lipinski definition) is 3. The number of morpholine rings is 1. The fourth-order valence-corrected chi connectivity index (χ4v) is 2.03. The van der Waals surface area contributed by atoms with Crippen LogP contribution in [0.3, 0.4) is 0 Å². The first kappa shape index (κ1) is 11.4. The molecule has 16 heavy (non-hydrogen) atoms. The first-order valence-electron chi connectivity index (χ1n) is 5.46. The maximum atomic E-state index is 13.0. The van der Waals surface area contributed by atoms with Gasteiger partial charge in [-0.05, 0) is 25.1 Å². The number of benzene rings is 1. The highest BCUT2D eigenvalue weighted by Gasteiger charge is 2.19. The standard InChI is InChI=1S/C12H16FNO2/c1-9-7-14(4-5-16-9)12-3-2-11(13)6-10(12)8-15/h2-3,6,9,15H,4-5,7-8H2,1H3.